The maximum absolute atomic E-state index is 12.4. The molecule has 1 aromatic heterocycles. The van der Waals surface area contributed by atoms with Crippen molar-refractivity contribution in [1.29, 1.82) is 0 Å². The average Bonchev–Trinajstić information content (AvgIpc) is 3.05. The van der Waals surface area contributed by atoms with Gasteiger partial charge < -0.3 is 14.5 Å². The normalized spacial score (nSPS) is 22.3. The van der Waals surface area contributed by atoms with Crippen LogP contribution in [-0.2, 0) is 17.6 Å². The molecule has 1 fully saturated rings. The lowest BCUT2D eigenvalue weighted by Crippen LogP contribution is -2.40. The van der Waals surface area contributed by atoms with Crippen molar-refractivity contribution < 1.29 is 19.2 Å². The molecular weight excluding hydrogens is 248 g/mol. The molecule has 6 nitrogen and oxygen atoms in total. The Kier molecular flexibility index (Phi) is 3.00. The first-order valence-electron chi connectivity index (χ1n) is 6.69. The van der Waals surface area contributed by atoms with Gasteiger partial charge in [-0.05, 0) is 32.1 Å². The highest BCUT2D eigenvalue weighted by Gasteiger charge is 2.37. The van der Waals surface area contributed by atoms with Crippen LogP contribution in [0.1, 0.15) is 47.5 Å². The molecule has 0 spiro atoms. The highest BCUT2D eigenvalue weighted by molar-refractivity contribution is 5.96. The molecule has 1 amide bonds. The Morgan fingerprint density at radius 3 is 2.84 bits per heavy atom. The van der Waals surface area contributed by atoms with Gasteiger partial charge in [-0.25, -0.2) is 4.79 Å². The number of carbonyl (C=O) groups excluding carboxylic acids is 1. The van der Waals surface area contributed by atoms with E-state index < -0.39 is 12.0 Å². The first-order chi connectivity index (χ1) is 9.18. The first-order valence-corrected chi connectivity index (χ1v) is 6.69. The summed E-state index contributed by atoms with van der Waals surface area (Å²) in [6, 6.07) is -0.719. The van der Waals surface area contributed by atoms with Crippen LogP contribution >= 0.6 is 0 Å². The van der Waals surface area contributed by atoms with E-state index in [1.807, 2.05) is 0 Å². The molecule has 6 heteroatoms. The van der Waals surface area contributed by atoms with Gasteiger partial charge >= 0.3 is 5.97 Å². The Balaban J connectivity index is 1.88. The summed E-state index contributed by atoms with van der Waals surface area (Å²) in [4.78, 5) is 25.0. The van der Waals surface area contributed by atoms with E-state index in [4.69, 9.17) is 9.63 Å². The van der Waals surface area contributed by atoms with Gasteiger partial charge in [0.1, 0.15) is 11.8 Å². The molecule has 1 saturated heterocycles. The fourth-order valence-corrected chi connectivity index (χ4v) is 2.96. The van der Waals surface area contributed by atoms with Gasteiger partial charge in [0.15, 0.2) is 5.69 Å². The molecule has 0 saturated carbocycles. The van der Waals surface area contributed by atoms with Crippen LogP contribution in [-0.4, -0.2) is 39.6 Å². The summed E-state index contributed by atoms with van der Waals surface area (Å²) < 4.78 is 5.22. The number of carbonyl (C=O) groups is 2. The lowest BCUT2D eigenvalue weighted by Gasteiger charge is -2.20. The smallest absolute Gasteiger partial charge is 0.326 e. The average molecular weight is 264 g/mol. The van der Waals surface area contributed by atoms with Crippen LogP contribution in [0.4, 0.5) is 0 Å². The minimum atomic E-state index is -0.941. The molecule has 2 aliphatic rings. The van der Waals surface area contributed by atoms with Crippen molar-refractivity contribution >= 4 is 11.9 Å². The van der Waals surface area contributed by atoms with E-state index in [1.54, 1.807) is 0 Å². The van der Waals surface area contributed by atoms with Gasteiger partial charge in [0.2, 0.25) is 0 Å². The largest absolute Gasteiger partial charge is 0.480 e. The first kappa shape index (κ1) is 12.2. The van der Waals surface area contributed by atoms with Gasteiger partial charge in [0.25, 0.3) is 5.91 Å². The molecule has 1 N–H and O–H groups in total. The van der Waals surface area contributed by atoms with Crippen molar-refractivity contribution in [2.24, 2.45) is 0 Å². The SMILES string of the molecule is O=C(O)C1CCCN1C(=O)c1noc2c1CCCC2. The lowest BCUT2D eigenvalue weighted by molar-refractivity contribution is -0.141. The van der Waals surface area contributed by atoms with E-state index in [0.717, 1.165) is 43.4 Å². The molecule has 2 heterocycles. The third-order valence-corrected chi connectivity index (χ3v) is 3.95. The summed E-state index contributed by atoms with van der Waals surface area (Å²) in [7, 11) is 0. The van der Waals surface area contributed by atoms with Gasteiger partial charge in [-0.2, -0.15) is 0 Å². The van der Waals surface area contributed by atoms with Crippen LogP contribution in [0.3, 0.4) is 0 Å². The predicted octanol–water partition coefficient (Wildman–Crippen LogP) is 1.24. The molecule has 0 radical (unpaired) electrons. The summed E-state index contributed by atoms with van der Waals surface area (Å²) in [6.07, 6.45) is 4.93. The van der Waals surface area contributed by atoms with E-state index in [0.29, 0.717) is 18.7 Å². The van der Waals surface area contributed by atoms with E-state index in [9.17, 15) is 9.59 Å². The molecule has 0 bridgehead atoms. The van der Waals surface area contributed by atoms with Crippen LogP contribution in [0.15, 0.2) is 4.52 Å². The summed E-state index contributed by atoms with van der Waals surface area (Å²) >= 11 is 0. The molecule has 3 rings (SSSR count). The number of carboxylic acid groups (broad SMARTS) is 1. The van der Waals surface area contributed by atoms with Crippen LogP contribution in [0, 0.1) is 0 Å². The van der Waals surface area contributed by atoms with Crippen LogP contribution in [0.25, 0.3) is 0 Å². The highest BCUT2D eigenvalue weighted by atomic mass is 16.5. The molecule has 1 aromatic rings. The Hall–Kier alpha value is -1.85. The lowest BCUT2D eigenvalue weighted by atomic mass is 9.96. The number of nitrogens with zero attached hydrogens (tertiary/aromatic N) is 2. The maximum atomic E-state index is 12.4. The minimum absolute atomic E-state index is 0.295. The third kappa shape index (κ3) is 2.01. The number of hydrogen-bond donors (Lipinski definition) is 1. The van der Waals surface area contributed by atoms with Gasteiger partial charge in [-0.3, -0.25) is 4.79 Å². The van der Waals surface area contributed by atoms with Crippen LogP contribution in [0.5, 0.6) is 0 Å². The van der Waals surface area contributed by atoms with Crippen molar-refractivity contribution in [2.75, 3.05) is 6.54 Å². The number of carboxylic acids is 1. The molecule has 1 unspecified atom stereocenters. The van der Waals surface area contributed by atoms with Crippen molar-refractivity contribution in [3.8, 4) is 0 Å². The third-order valence-electron chi connectivity index (χ3n) is 3.95. The van der Waals surface area contributed by atoms with Crippen LogP contribution < -0.4 is 0 Å². The minimum Gasteiger partial charge on any atom is -0.480 e. The summed E-state index contributed by atoms with van der Waals surface area (Å²) in [5.74, 6) is -0.444. The fraction of sp³-hybridized carbons (Fsp3) is 0.615. The van der Waals surface area contributed by atoms with E-state index in [2.05, 4.69) is 5.16 Å². The Morgan fingerprint density at radius 2 is 2.05 bits per heavy atom. The maximum Gasteiger partial charge on any atom is 0.326 e. The molecule has 19 heavy (non-hydrogen) atoms. The van der Waals surface area contributed by atoms with Gasteiger partial charge in [0, 0.05) is 18.5 Å². The summed E-state index contributed by atoms with van der Waals surface area (Å²) in [6.45, 7) is 0.484. The second-order valence-electron chi connectivity index (χ2n) is 5.13. The van der Waals surface area contributed by atoms with E-state index in [1.165, 1.54) is 4.90 Å². The Labute approximate surface area is 110 Å². The zero-order valence-electron chi connectivity index (χ0n) is 10.6. The number of fused-ring (bicyclic) bond motifs is 1. The molecule has 1 aliphatic carbocycles. The number of aliphatic carboxylic acids is 1. The summed E-state index contributed by atoms with van der Waals surface area (Å²) in [5, 5.41) is 13.0. The number of aromatic nitrogens is 1. The number of rotatable bonds is 2. The zero-order valence-corrected chi connectivity index (χ0v) is 10.6. The van der Waals surface area contributed by atoms with E-state index in [-0.39, 0.29) is 5.91 Å². The predicted molar refractivity (Wildman–Crippen MR) is 64.8 cm³/mol. The van der Waals surface area contributed by atoms with Gasteiger partial charge in [0.05, 0.1) is 0 Å². The Bertz CT molecular complexity index is 523. The number of hydrogen-bond acceptors (Lipinski definition) is 4. The second-order valence-corrected chi connectivity index (χ2v) is 5.13. The number of amides is 1. The standard InChI is InChI=1S/C13H16N2O4/c16-12(15-7-3-5-9(15)13(17)18)11-8-4-1-2-6-10(8)19-14-11/h9H,1-7H2,(H,17,18). The topological polar surface area (TPSA) is 83.6 Å². The Morgan fingerprint density at radius 1 is 1.26 bits per heavy atom. The molecule has 1 atom stereocenters. The molecule has 102 valence electrons. The quantitative estimate of drug-likeness (QED) is 0.868. The van der Waals surface area contributed by atoms with Crippen molar-refractivity contribution in [3.63, 3.8) is 0 Å². The van der Waals surface area contributed by atoms with Crippen molar-refractivity contribution in [2.45, 2.75) is 44.6 Å². The van der Waals surface area contributed by atoms with Gasteiger partial charge in [-0.15, -0.1) is 0 Å². The highest BCUT2D eigenvalue weighted by Crippen LogP contribution is 2.27. The van der Waals surface area contributed by atoms with E-state index >= 15 is 0 Å². The molecule has 0 aromatic carbocycles. The monoisotopic (exact) mass is 264 g/mol. The zero-order chi connectivity index (χ0) is 13.4. The second kappa shape index (κ2) is 4.68. The molecule has 1 aliphatic heterocycles. The molecular formula is C13H16N2O4. The summed E-state index contributed by atoms with van der Waals surface area (Å²) in [5.41, 5.74) is 1.20. The number of aryl methyl sites for hydroxylation is 1. The van der Waals surface area contributed by atoms with Crippen molar-refractivity contribution in [1.82, 2.24) is 10.1 Å². The van der Waals surface area contributed by atoms with Crippen molar-refractivity contribution in [3.05, 3.63) is 17.0 Å². The number of likely N-dealkylation sites (tertiary alicyclic amines) is 1. The van der Waals surface area contributed by atoms with Gasteiger partial charge in [-0.1, -0.05) is 5.16 Å². The fourth-order valence-electron chi connectivity index (χ4n) is 2.96. The van der Waals surface area contributed by atoms with Crippen LogP contribution in [0.2, 0.25) is 0 Å².